The normalized spacial score (nSPS) is 11.3. The van der Waals surface area contributed by atoms with Crippen LogP contribution >= 0.6 is 0 Å². The Balaban J connectivity index is 0.0000336. The summed E-state index contributed by atoms with van der Waals surface area (Å²) in [6.45, 7) is 7.94. The molecule has 59 heavy (non-hydrogen) atoms. The smallest absolute Gasteiger partial charge is 0.744 e. The number of hydrogen-bond donors (Lipinski definition) is 0. The van der Waals surface area contributed by atoms with Crippen LogP contribution in [0.25, 0.3) is 0 Å². The van der Waals surface area contributed by atoms with Gasteiger partial charge in [-0.3, -0.25) is 0 Å². The predicted molar refractivity (Wildman–Crippen MR) is 242 cm³/mol. The number of unbranched alkanes of at least 4 members (excludes halogenated alkanes) is 34. The number of allylic oxidation sites excluding steroid dienone is 2. The van der Waals surface area contributed by atoms with Gasteiger partial charge in [-0.15, -0.1) is 13.2 Å². The number of esters is 2. The van der Waals surface area contributed by atoms with Crippen molar-refractivity contribution in [1.82, 2.24) is 0 Å². The maximum Gasteiger partial charge on any atom is 1.00 e. The van der Waals surface area contributed by atoms with Crippen LogP contribution in [0.2, 0.25) is 0 Å². The Labute approximate surface area is 405 Å². The minimum atomic E-state index is -4.82. The van der Waals surface area contributed by atoms with Crippen LogP contribution in [0, 0.1) is 0 Å². The van der Waals surface area contributed by atoms with E-state index < -0.39 is 27.0 Å². The molecular formula is C50H85KO7S. The molecule has 0 saturated heterocycles. The molecule has 334 valence electrons. The SMILES string of the molecule is C=CCCCCCCCCCCCCCCCCCCCOC(=O)c1ccc(S(=O)(=O)[O-])cc1C(=O)OCCCCCCCCCCCCCCCCCCCC=C.[K+]. The number of rotatable bonds is 43. The average Bonchev–Trinajstić information content (AvgIpc) is 3.21. The third-order valence-corrected chi connectivity index (χ3v) is 12.1. The van der Waals surface area contributed by atoms with Crippen molar-refractivity contribution in [1.29, 1.82) is 0 Å². The molecule has 0 unspecified atom stereocenters. The molecule has 0 saturated carbocycles. The molecule has 1 rings (SSSR count). The Hall–Kier alpha value is -0.814. The van der Waals surface area contributed by atoms with Gasteiger partial charge in [0, 0.05) is 0 Å². The minimum Gasteiger partial charge on any atom is -0.744 e. The van der Waals surface area contributed by atoms with Crippen LogP contribution in [0.3, 0.4) is 0 Å². The van der Waals surface area contributed by atoms with Crippen LogP contribution in [0.5, 0.6) is 0 Å². The second kappa shape index (κ2) is 42.5. The summed E-state index contributed by atoms with van der Waals surface area (Å²) in [6.07, 6.45) is 48.6. The maximum absolute atomic E-state index is 13.0. The monoisotopic (exact) mass is 869 g/mol. The van der Waals surface area contributed by atoms with E-state index in [0.717, 1.165) is 57.1 Å². The first-order valence-corrected chi connectivity index (χ1v) is 25.4. The van der Waals surface area contributed by atoms with E-state index in [1.54, 1.807) is 0 Å². The van der Waals surface area contributed by atoms with Gasteiger partial charge in [0.2, 0.25) is 0 Å². The molecule has 7 nitrogen and oxygen atoms in total. The fourth-order valence-corrected chi connectivity index (χ4v) is 8.09. The van der Waals surface area contributed by atoms with E-state index in [0.29, 0.717) is 12.8 Å². The van der Waals surface area contributed by atoms with Crippen LogP contribution < -0.4 is 51.4 Å². The second-order valence-corrected chi connectivity index (χ2v) is 18.0. The number of ether oxygens (including phenoxy) is 2. The third-order valence-electron chi connectivity index (χ3n) is 11.3. The molecular weight excluding hydrogens is 784 g/mol. The van der Waals surface area contributed by atoms with Crippen molar-refractivity contribution in [3.05, 3.63) is 54.6 Å². The summed E-state index contributed by atoms with van der Waals surface area (Å²) in [5.74, 6) is -1.54. The zero-order valence-electron chi connectivity index (χ0n) is 37.9. The molecule has 0 aliphatic rings. The zero-order chi connectivity index (χ0) is 42.2. The Kier molecular flexibility index (Phi) is 41.9. The topological polar surface area (TPSA) is 110 Å². The molecule has 0 amide bonds. The van der Waals surface area contributed by atoms with Gasteiger partial charge in [-0.25, -0.2) is 18.0 Å². The van der Waals surface area contributed by atoms with Gasteiger partial charge >= 0.3 is 63.3 Å². The molecule has 0 heterocycles. The summed E-state index contributed by atoms with van der Waals surface area (Å²) in [5.41, 5.74) is -0.333. The summed E-state index contributed by atoms with van der Waals surface area (Å²) in [6, 6.07) is 3.15. The van der Waals surface area contributed by atoms with E-state index >= 15 is 0 Å². The van der Waals surface area contributed by atoms with Gasteiger partial charge in [-0.05, 0) is 56.7 Å². The Morgan fingerprint density at radius 1 is 0.441 bits per heavy atom. The first-order valence-electron chi connectivity index (χ1n) is 24.0. The molecule has 0 fully saturated rings. The van der Waals surface area contributed by atoms with E-state index in [4.69, 9.17) is 9.47 Å². The predicted octanol–water partition coefficient (Wildman–Crippen LogP) is 12.3. The molecule has 0 aliphatic carbocycles. The summed E-state index contributed by atoms with van der Waals surface area (Å²) in [5, 5.41) is 0. The fourth-order valence-electron chi connectivity index (χ4n) is 7.60. The number of carbonyl (C=O) groups excluding carboxylic acids is 2. The minimum absolute atomic E-state index is 0. The van der Waals surface area contributed by atoms with Gasteiger partial charge in [-0.1, -0.05) is 205 Å². The summed E-state index contributed by atoms with van der Waals surface area (Å²) < 4.78 is 45.9. The van der Waals surface area contributed by atoms with Crippen molar-refractivity contribution < 1.29 is 83.4 Å². The summed E-state index contributed by atoms with van der Waals surface area (Å²) in [7, 11) is -4.82. The van der Waals surface area contributed by atoms with Crippen molar-refractivity contribution in [2.45, 2.75) is 236 Å². The average molecular weight is 869 g/mol. The Morgan fingerprint density at radius 2 is 0.695 bits per heavy atom. The largest absolute Gasteiger partial charge is 1.00 e. The van der Waals surface area contributed by atoms with Gasteiger partial charge in [0.1, 0.15) is 10.1 Å². The Bertz CT molecular complexity index is 1280. The van der Waals surface area contributed by atoms with E-state index in [-0.39, 0.29) is 75.7 Å². The molecule has 0 aromatic heterocycles. The summed E-state index contributed by atoms with van der Waals surface area (Å²) >= 11 is 0. The van der Waals surface area contributed by atoms with Crippen molar-refractivity contribution in [3.63, 3.8) is 0 Å². The van der Waals surface area contributed by atoms with Gasteiger partial charge in [0.15, 0.2) is 0 Å². The molecule has 0 aliphatic heterocycles. The number of carbonyl (C=O) groups is 2. The van der Waals surface area contributed by atoms with Gasteiger partial charge in [0.25, 0.3) is 0 Å². The van der Waals surface area contributed by atoms with E-state index in [1.165, 1.54) is 179 Å². The molecule has 0 bridgehead atoms. The molecule has 0 N–H and O–H groups in total. The van der Waals surface area contributed by atoms with Crippen molar-refractivity contribution in [3.8, 4) is 0 Å². The standard InChI is InChI=1S/C50H86O7S.K/c1-3-5-7-9-11-13-15-17-19-21-23-25-27-29-31-33-35-37-39-43-56-49(51)47-42-41-46(58(53,54)55)45-48(47)50(52)57-44-40-38-36-34-32-30-28-26-24-22-20-18-16-14-12-10-8-6-4-2;/h3-4,41-42,45H,1-2,5-40,43-44H2,(H,53,54,55);/q;+1/p-1. The van der Waals surface area contributed by atoms with Gasteiger partial charge in [0.05, 0.1) is 29.2 Å². The van der Waals surface area contributed by atoms with Gasteiger partial charge < -0.3 is 14.0 Å². The first-order chi connectivity index (χ1) is 28.3. The maximum atomic E-state index is 13.0. The Morgan fingerprint density at radius 3 is 0.966 bits per heavy atom. The molecule has 0 spiro atoms. The molecule has 0 radical (unpaired) electrons. The quantitative estimate of drug-likeness (QED) is 0.0211. The van der Waals surface area contributed by atoms with Crippen LogP contribution in [-0.2, 0) is 19.6 Å². The summed E-state index contributed by atoms with van der Waals surface area (Å²) in [4.78, 5) is 25.3. The van der Waals surface area contributed by atoms with Crippen LogP contribution in [0.15, 0.2) is 48.4 Å². The molecule has 9 heteroatoms. The van der Waals surface area contributed by atoms with Crippen LogP contribution in [-0.4, -0.2) is 38.1 Å². The zero-order valence-corrected chi connectivity index (χ0v) is 41.9. The molecule has 0 atom stereocenters. The molecule has 1 aromatic rings. The van der Waals surface area contributed by atoms with E-state index in [2.05, 4.69) is 13.2 Å². The van der Waals surface area contributed by atoms with Crippen LogP contribution in [0.4, 0.5) is 0 Å². The fraction of sp³-hybridized carbons (Fsp3) is 0.760. The van der Waals surface area contributed by atoms with Crippen LogP contribution in [0.1, 0.15) is 252 Å². The third kappa shape index (κ3) is 35.4. The number of hydrogen-bond acceptors (Lipinski definition) is 7. The van der Waals surface area contributed by atoms with Gasteiger partial charge in [-0.2, -0.15) is 0 Å². The van der Waals surface area contributed by atoms with Crippen molar-refractivity contribution >= 4 is 22.1 Å². The van der Waals surface area contributed by atoms with Crippen molar-refractivity contribution in [2.24, 2.45) is 0 Å². The first kappa shape index (κ1) is 58.2. The molecule has 1 aromatic carbocycles. The van der Waals surface area contributed by atoms with E-state index in [1.807, 2.05) is 12.2 Å². The number of benzene rings is 1. The second-order valence-electron chi connectivity index (χ2n) is 16.6. The van der Waals surface area contributed by atoms with E-state index in [9.17, 15) is 22.6 Å². The van der Waals surface area contributed by atoms with Crippen molar-refractivity contribution in [2.75, 3.05) is 13.2 Å².